The summed E-state index contributed by atoms with van der Waals surface area (Å²) in [7, 11) is 0. The zero-order chi connectivity index (χ0) is 13.0. The van der Waals surface area contributed by atoms with E-state index >= 15 is 0 Å². The van der Waals surface area contributed by atoms with Crippen LogP contribution < -0.4 is 0 Å². The maximum Gasteiger partial charge on any atom is 0.170 e. The standard InChI is InChI=1S/C15H13FO2/c16-13-9-5-4-8-12(13)10-14(17)15(18)11-6-2-1-3-7-11/h1-9,15,18H,10H2. The van der Waals surface area contributed by atoms with E-state index in [1.165, 1.54) is 6.07 Å². The second kappa shape index (κ2) is 5.56. The van der Waals surface area contributed by atoms with E-state index < -0.39 is 17.7 Å². The first kappa shape index (κ1) is 12.5. The van der Waals surface area contributed by atoms with Gasteiger partial charge in [0.15, 0.2) is 5.78 Å². The maximum atomic E-state index is 13.4. The van der Waals surface area contributed by atoms with Crippen LogP contribution in [0.2, 0.25) is 0 Å². The van der Waals surface area contributed by atoms with Crippen molar-refractivity contribution in [3.05, 3.63) is 71.5 Å². The fourth-order valence-electron chi connectivity index (χ4n) is 1.75. The SMILES string of the molecule is O=C(Cc1ccccc1F)C(O)c1ccccc1. The van der Waals surface area contributed by atoms with Crippen LogP contribution in [0, 0.1) is 5.82 Å². The molecule has 0 fully saturated rings. The lowest BCUT2D eigenvalue weighted by Gasteiger charge is -2.10. The van der Waals surface area contributed by atoms with Crippen LogP contribution in [-0.4, -0.2) is 10.9 Å². The van der Waals surface area contributed by atoms with Crippen molar-refractivity contribution in [2.24, 2.45) is 0 Å². The monoisotopic (exact) mass is 244 g/mol. The summed E-state index contributed by atoms with van der Waals surface area (Å²) in [5.74, 6) is -0.836. The Balaban J connectivity index is 2.12. The molecular weight excluding hydrogens is 231 g/mol. The van der Waals surface area contributed by atoms with E-state index in [1.54, 1.807) is 48.5 Å². The molecule has 0 aromatic heterocycles. The van der Waals surface area contributed by atoms with Gasteiger partial charge in [0, 0.05) is 6.42 Å². The molecule has 0 saturated heterocycles. The smallest absolute Gasteiger partial charge is 0.170 e. The molecule has 1 atom stereocenters. The highest BCUT2D eigenvalue weighted by molar-refractivity contribution is 5.86. The van der Waals surface area contributed by atoms with E-state index in [0.717, 1.165) is 0 Å². The van der Waals surface area contributed by atoms with Crippen LogP contribution in [-0.2, 0) is 11.2 Å². The number of Topliss-reactive ketones (excluding diaryl/α,β-unsaturated/α-hetero) is 1. The van der Waals surface area contributed by atoms with Crippen molar-refractivity contribution in [3.8, 4) is 0 Å². The van der Waals surface area contributed by atoms with Crippen LogP contribution in [0.5, 0.6) is 0 Å². The molecule has 3 heteroatoms. The number of benzene rings is 2. The molecule has 0 saturated carbocycles. The summed E-state index contributed by atoms with van der Waals surface area (Å²) in [5.41, 5.74) is 0.830. The topological polar surface area (TPSA) is 37.3 Å². The van der Waals surface area contributed by atoms with Gasteiger partial charge >= 0.3 is 0 Å². The molecule has 1 unspecified atom stereocenters. The minimum Gasteiger partial charge on any atom is -0.381 e. The normalized spacial score (nSPS) is 12.1. The second-order valence-corrected chi connectivity index (χ2v) is 4.05. The molecule has 2 nitrogen and oxygen atoms in total. The third-order valence-electron chi connectivity index (χ3n) is 2.74. The van der Waals surface area contributed by atoms with Crippen LogP contribution in [0.1, 0.15) is 17.2 Å². The number of carbonyl (C=O) groups excluding carboxylic acids is 1. The van der Waals surface area contributed by atoms with E-state index in [-0.39, 0.29) is 6.42 Å². The van der Waals surface area contributed by atoms with Gasteiger partial charge in [0.25, 0.3) is 0 Å². The lowest BCUT2D eigenvalue weighted by atomic mass is 10.00. The van der Waals surface area contributed by atoms with Crippen molar-refractivity contribution in [1.29, 1.82) is 0 Å². The van der Waals surface area contributed by atoms with Crippen molar-refractivity contribution in [2.75, 3.05) is 0 Å². The fourth-order valence-corrected chi connectivity index (χ4v) is 1.75. The summed E-state index contributed by atoms with van der Waals surface area (Å²) in [6, 6.07) is 14.7. The lowest BCUT2D eigenvalue weighted by Crippen LogP contribution is -2.15. The van der Waals surface area contributed by atoms with Gasteiger partial charge in [-0.2, -0.15) is 0 Å². The fraction of sp³-hybridized carbons (Fsp3) is 0.133. The van der Waals surface area contributed by atoms with Gasteiger partial charge in [-0.25, -0.2) is 4.39 Å². The van der Waals surface area contributed by atoms with Crippen LogP contribution in [0.25, 0.3) is 0 Å². The molecular formula is C15H13FO2. The average Bonchev–Trinajstić information content (AvgIpc) is 2.41. The van der Waals surface area contributed by atoms with Gasteiger partial charge in [0.05, 0.1) is 0 Å². The maximum absolute atomic E-state index is 13.4. The molecule has 1 N–H and O–H groups in total. The molecule has 0 bridgehead atoms. The first-order chi connectivity index (χ1) is 8.68. The zero-order valence-electron chi connectivity index (χ0n) is 9.71. The zero-order valence-corrected chi connectivity index (χ0v) is 9.71. The molecule has 0 amide bonds. The molecule has 2 aromatic carbocycles. The highest BCUT2D eigenvalue weighted by Crippen LogP contribution is 2.17. The molecule has 0 aliphatic rings. The Hall–Kier alpha value is -2.00. The summed E-state index contributed by atoms with van der Waals surface area (Å²) >= 11 is 0. The van der Waals surface area contributed by atoms with Gasteiger partial charge < -0.3 is 5.11 Å². The van der Waals surface area contributed by atoms with E-state index in [2.05, 4.69) is 0 Å². The van der Waals surface area contributed by atoms with Gasteiger partial charge in [0.2, 0.25) is 0 Å². The highest BCUT2D eigenvalue weighted by Gasteiger charge is 2.18. The lowest BCUT2D eigenvalue weighted by molar-refractivity contribution is -0.126. The van der Waals surface area contributed by atoms with Gasteiger partial charge in [-0.15, -0.1) is 0 Å². The summed E-state index contributed by atoms with van der Waals surface area (Å²) in [4.78, 5) is 11.8. The third-order valence-corrected chi connectivity index (χ3v) is 2.74. The van der Waals surface area contributed by atoms with Gasteiger partial charge in [-0.05, 0) is 17.2 Å². The highest BCUT2D eigenvalue weighted by atomic mass is 19.1. The molecule has 18 heavy (non-hydrogen) atoms. The number of aliphatic hydroxyl groups excluding tert-OH is 1. The van der Waals surface area contributed by atoms with Crippen molar-refractivity contribution < 1.29 is 14.3 Å². The Morgan fingerprint density at radius 1 is 1.06 bits per heavy atom. The Kier molecular flexibility index (Phi) is 3.85. The minimum atomic E-state index is -1.20. The number of aliphatic hydroxyl groups is 1. The van der Waals surface area contributed by atoms with Crippen LogP contribution in [0.15, 0.2) is 54.6 Å². The minimum absolute atomic E-state index is 0.108. The molecule has 0 radical (unpaired) electrons. The molecule has 92 valence electrons. The van der Waals surface area contributed by atoms with Crippen LogP contribution in [0.3, 0.4) is 0 Å². The summed E-state index contributed by atoms with van der Waals surface area (Å²) < 4.78 is 13.4. The quantitative estimate of drug-likeness (QED) is 0.897. The van der Waals surface area contributed by atoms with Crippen molar-refractivity contribution in [1.82, 2.24) is 0 Å². The summed E-state index contributed by atoms with van der Waals surface area (Å²) in [6.07, 6.45) is -1.31. The van der Waals surface area contributed by atoms with Gasteiger partial charge in [-0.3, -0.25) is 4.79 Å². The van der Waals surface area contributed by atoms with E-state index in [1.807, 2.05) is 0 Å². The molecule has 2 aromatic rings. The molecule has 0 heterocycles. The van der Waals surface area contributed by atoms with Gasteiger partial charge in [-0.1, -0.05) is 48.5 Å². The molecule has 0 aliphatic carbocycles. The van der Waals surface area contributed by atoms with Crippen molar-refractivity contribution >= 4 is 5.78 Å². The Morgan fingerprint density at radius 2 is 1.67 bits per heavy atom. The summed E-state index contributed by atoms with van der Waals surface area (Å²) in [5, 5.41) is 9.87. The number of ketones is 1. The Bertz CT molecular complexity index is 537. The Labute approximate surface area is 105 Å². The second-order valence-electron chi connectivity index (χ2n) is 4.05. The van der Waals surface area contributed by atoms with E-state index in [0.29, 0.717) is 11.1 Å². The molecule has 0 spiro atoms. The molecule has 2 rings (SSSR count). The third kappa shape index (κ3) is 2.81. The van der Waals surface area contributed by atoms with Crippen molar-refractivity contribution in [2.45, 2.75) is 12.5 Å². The van der Waals surface area contributed by atoms with Crippen molar-refractivity contribution in [3.63, 3.8) is 0 Å². The number of halogens is 1. The van der Waals surface area contributed by atoms with E-state index in [4.69, 9.17) is 0 Å². The van der Waals surface area contributed by atoms with Gasteiger partial charge in [0.1, 0.15) is 11.9 Å². The van der Waals surface area contributed by atoms with E-state index in [9.17, 15) is 14.3 Å². The number of carbonyl (C=O) groups is 1. The number of rotatable bonds is 4. The first-order valence-corrected chi connectivity index (χ1v) is 5.67. The average molecular weight is 244 g/mol. The number of hydrogen-bond donors (Lipinski definition) is 1. The summed E-state index contributed by atoms with van der Waals surface area (Å²) in [6.45, 7) is 0. The largest absolute Gasteiger partial charge is 0.381 e. The Morgan fingerprint density at radius 3 is 2.33 bits per heavy atom. The number of hydrogen-bond acceptors (Lipinski definition) is 2. The first-order valence-electron chi connectivity index (χ1n) is 5.67. The predicted molar refractivity (Wildman–Crippen MR) is 66.5 cm³/mol. The molecule has 0 aliphatic heterocycles. The van der Waals surface area contributed by atoms with Crippen LogP contribution >= 0.6 is 0 Å². The predicted octanol–water partition coefficient (Wildman–Crippen LogP) is 2.67. The van der Waals surface area contributed by atoms with Crippen LogP contribution in [0.4, 0.5) is 4.39 Å².